The SMILES string of the molecule is COC(=O)CCC(=O)c1cc2c(F)c(CCCBr)c(OC)cc2s1. The zero-order valence-corrected chi connectivity index (χ0v) is 15.9. The summed E-state index contributed by atoms with van der Waals surface area (Å²) in [7, 11) is 2.79. The van der Waals surface area contributed by atoms with Crippen LogP contribution in [0, 0.1) is 5.82 Å². The molecule has 7 heteroatoms. The Bertz CT molecular complexity index is 757. The molecular formula is C17H18BrFO4S. The summed E-state index contributed by atoms with van der Waals surface area (Å²) in [6.07, 6.45) is 1.41. The second kappa shape index (κ2) is 8.58. The van der Waals surface area contributed by atoms with E-state index in [2.05, 4.69) is 20.7 Å². The van der Waals surface area contributed by atoms with Crippen LogP contribution in [0.15, 0.2) is 12.1 Å². The maximum Gasteiger partial charge on any atom is 0.305 e. The molecule has 0 aliphatic carbocycles. The fraction of sp³-hybridized carbons (Fsp3) is 0.412. The molecule has 1 heterocycles. The highest BCUT2D eigenvalue weighted by Crippen LogP contribution is 2.36. The summed E-state index contributed by atoms with van der Waals surface area (Å²) in [6, 6.07) is 3.33. The molecular weight excluding hydrogens is 399 g/mol. The first-order valence-electron chi connectivity index (χ1n) is 7.46. The molecule has 1 aromatic carbocycles. The number of fused-ring (bicyclic) bond motifs is 1. The van der Waals surface area contributed by atoms with Crippen molar-refractivity contribution in [2.75, 3.05) is 19.5 Å². The Morgan fingerprint density at radius 2 is 2.00 bits per heavy atom. The minimum Gasteiger partial charge on any atom is -0.496 e. The molecule has 0 saturated carbocycles. The van der Waals surface area contributed by atoms with Gasteiger partial charge in [-0.1, -0.05) is 15.9 Å². The number of esters is 1. The monoisotopic (exact) mass is 416 g/mol. The number of carbonyl (C=O) groups is 2. The highest BCUT2D eigenvalue weighted by Gasteiger charge is 2.19. The number of ether oxygens (including phenoxy) is 2. The molecule has 0 aliphatic heterocycles. The molecule has 0 radical (unpaired) electrons. The van der Waals surface area contributed by atoms with Gasteiger partial charge in [-0.2, -0.15) is 0 Å². The molecule has 0 fully saturated rings. The second-order valence-corrected chi connectivity index (χ2v) is 7.06. The molecule has 2 rings (SSSR count). The van der Waals surface area contributed by atoms with Gasteiger partial charge in [0.15, 0.2) is 5.78 Å². The Labute approximate surface area is 152 Å². The Kier molecular flexibility index (Phi) is 6.74. The number of methoxy groups -OCH3 is 2. The van der Waals surface area contributed by atoms with E-state index < -0.39 is 5.97 Å². The van der Waals surface area contributed by atoms with Crippen molar-refractivity contribution >= 4 is 49.1 Å². The van der Waals surface area contributed by atoms with E-state index >= 15 is 0 Å². The summed E-state index contributed by atoms with van der Waals surface area (Å²) >= 11 is 4.55. The zero-order chi connectivity index (χ0) is 17.7. The van der Waals surface area contributed by atoms with Crippen molar-refractivity contribution in [3.8, 4) is 5.75 Å². The fourth-order valence-corrected chi connectivity index (χ4v) is 3.73. The Morgan fingerprint density at radius 3 is 2.62 bits per heavy atom. The van der Waals surface area contributed by atoms with Crippen molar-refractivity contribution in [1.29, 1.82) is 0 Å². The molecule has 0 spiro atoms. The van der Waals surface area contributed by atoms with Crippen molar-refractivity contribution < 1.29 is 23.5 Å². The van der Waals surface area contributed by atoms with Gasteiger partial charge in [-0.25, -0.2) is 4.39 Å². The average Bonchev–Trinajstić information content (AvgIpc) is 3.02. The summed E-state index contributed by atoms with van der Waals surface area (Å²) in [4.78, 5) is 23.8. The van der Waals surface area contributed by atoms with Gasteiger partial charge < -0.3 is 9.47 Å². The molecule has 0 bridgehead atoms. The quantitative estimate of drug-likeness (QED) is 0.360. The van der Waals surface area contributed by atoms with Crippen LogP contribution in [0.5, 0.6) is 5.75 Å². The Morgan fingerprint density at radius 1 is 1.25 bits per heavy atom. The molecule has 2 aromatic rings. The Hall–Kier alpha value is -1.47. The molecule has 0 atom stereocenters. The average molecular weight is 417 g/mol. The van der Waals surface area contributed by atoms with Gasteiger partial charge >= 0.3 is 5.97 Å². The van der Waals surface area contributed by atoms with Crippen molar-refractivity contribution in [3.05, 3.63) is 28.4 Å². The smallest absolute Gasteiger partial charge is 0.305 e. The molecule has 0 N–H and O–H groups in total. The lowest BCUT2D eigenvalue weighted by molar-refractivity contribution is -0.140. The maximum atomic E-state index is 14.8. The third-order valence-electron chi connectivity index (χ3n) is 3.66. The minimum absolute atomic E-state index is 0.0197. The van der Waals surface area contributed by atoms with E-state index in [0.29, 0.717) is 32.7 Å². The standard InChI is InChI=1S/C17H18BrFO4S/c1-22-13-9-14-11(17(19)10(13)4-3-7-18)8-15(24-14)12(20)5-6-16(21)23-2/h8-9H,3-7H2,1-2H3. The van der Waals surface area contributed by atoms with E-state index in [9.17, 15) is 14.0 Å². The molecule has 130 valence electrons. The van der Waals surface area contributed by atoms with E-state index in [1.54, 1.807) is 12.1 Å². The number of Topliss-reactive ketones (excluding diaryl/α,β-unsaturated/α-hetero) is 1. The molecule has 0 aliphatic rings. The van der Waals surface area contributed by atoms with E-state index in [1.807, 2.05) is 0 Å². The first-order valence-corrected chi connectivity index (χ1v) is 9.40. The highest BCUT2D eigenvalue weighted by atomic mass is 79.9. The van der Waals surface area contributed by atoms with Crippen molar-refractivity contribution in [3.63, 3.8) is 0 Å². The van der Waals surface area contributed by atoms with Gasteiger partial charge in [0.2, 0.25) is 0 Å². The number of thiophene rings is 1. The van der Waals surface area contributed by atoms with E-state index in [4.69, 9.17) is 4.74 Å². The predicted octanol–water partition coefficient (Wildman–Crippen LogP) is 4.51. The number of rotatable bonds is 8. The van der Waals surface area contributed by atoms with E-state index in [1.165, 1.54) is 25.6 Å². The summed E-state index contributed by atoms with van der Waals surface area (Å²) in [5, 5.41) is 1.20. The van der Waals surface area contributed by atoms with Gasteiger partial charge in [-0.3, -0.25) is 9.59 Å². The first kappa shape index (κ1) is 18.9. The number of halogens is 2. The number of hydrogen-bond donors (Lipinski definition) is 0. The van der Waals surface area contributed by atoms with E-state index in [0.717, 1.165) is 11.8 Å². The van der Waals surface area contributed by atoms with Crippen molar-refractivity contribution in [2.24, 2.45) is 0 Å². The lowest BCUT2D eigenvalue weighted by Gasteiger charge is -2.09. The first-order chi connectivity index (χ1) is 11.5. The van der Waals surface area contributed by atoms with Crippen molar-refractivity contribution in [2.45, 2.75) is 25.7 Å². The van der Waals surface area contributed by atoms with E-state index in [-0.39, 0.29) is 24.4 Å². The van der Waals surface area contributed by atoms with Gasteiger partial charge in [0, 0.05) is 27.4 Å². The van der Waals surface area contributed by atoms with Gasteiger partial charge in [-0.05, 0) is 25.0 Å². The van der Waals surface area contributed by atoms with Crippen LogP contribution in [-0.2, 0) is 16.0 Å². The van der Waals surface area contributed by atoms with Crippen LogP contribution in [-0.4, -0.2) is 31.3 Å². The third kappa shape index (κ3) is 4.13. The summed E-state index contributed by atoms with van der Waals surface area (Å²) in [5.74, 6) is -0.471. The van der Waals surface area contributed by atoms with Crippen LogP contribution in [0.3, 0.4) is 0 Å². The van der Waals surface area contributed by atoms with Crippen LogP contribution in [0.25, 0.3) is 10.1 Å². The second-order valence-electron chi connectivity index (χ2n) is 5.19. The van der Waals surface area contributed by atoms with Gasteiger partial charge in [0.05, 0.1) is 25.5 Å². The van der Waals surface area contributed by atoms with Crippen molar-refractivity contribution in [1.82, 2.24) is 0 Å². The molecule has 1 aromatic heterocycles. The normalized spacial score (nSPS) is 10.8. The highest BCUT2D eigenvalue weighted by molar-refractivity contribution is 9.09. The lowest BCUT2D eigenvalue weighted by atomic mass is 10.1. The molecule has 0 unspecified atom stereocenters. The van der Waals surface area contributed by atoms with Crippen LogP contribution in [0.1, 0.15) is 34.5 Å². The molecule has 0 amide bonds. The van der Waals surface area contributed by atoms with Crippen LogP contribution in [0.2, 0.25) is 0 Å². The summed E-state index contributed by atoms with van der Waals surface area (Å²) < 4.78 is 25.3. The molecule has 4 nitrogen and oxygen atoms in total. The van der Waals surface area contributed by atoms with Crippen LogP contribution in [0.4, 0.5) is 4.39 Å². The summed E-state index contributed by atoms with van der Waals surface area (Å²) in [6.45, 7) is 0. The third-order valence-corrected chi connectivity index (χ3v) is 5.34. The molecule has 0 saturated heterocycles. The number of ketones is 1. The zero-order valence-electron chi connectivity index (χ0n) is 13.5. The number of benzene rings is 1. The number of hydrogen-bond acceptors (Lipinski definition) is 5. The van der Waals surface area contributed by atoms with Gasteiger partial charge in [0.1, 0.15) is 11.6 Å². The minimum atomic E-state index is -0.436. The van der Waals surface area contributed by atoms with Gasteiger partial charge in [0.25, 0.3) is 0 Å². The number of carbonyl (C=O) groups excluding carboxylic acids is 2. The largest absolute Gasteiger partial charge is 0.496 e. The van der Waals surface area contributed by atoms with Gasteiger partial charge in [-0.15, -0.1) is 11.3 Å². The topological polar surface area (TPSA) is 52.6 Å². The lowest BCUT2D eigenvalue weighted by Crippen LogP contribution is -2.04. The molecule has 24 heavy (non-hydrogen) atoms. The predicted molar refractivity (Wildman–Crippen MR) is 96.0 cm³/mol. The van der Waals surface area contributed by atoms with Crippen LogP contribution >= 0.6 is 27.3 Å². The summed E-state index contributed by atoms with van der Waals surface area (Å²) in [5.41, 5.74) is 0.524. The fourth-order valence-electron chi connectivity index (χ4n) is 2.40. The number of alkyl halides is 1. The Balaban J connectivity index is 2.34. The maximum absolute atomic E-state index is 14.8. The van der Waals surface area contributed by atoms with Crippen LogP contribution < -0.4 is 4.74 Å².